The third kappa shape index (κ3) is 2.00. The van der Waals surface area contributed by atoms with Gasteiger partial charge in [-0.25, -0.2) is 0 Å². The zero-order valence-electron chi connectivity index (χ0n) is 11.0. The first-order valence-corrected chi connectivity index (χ1v) is 6.14. The van der Waals surface area contributed by atoms with Gasteiger partial charge in [0.05, 0.1) is 18.8 Å². The number of hydrogen-bond acceptors (Lipinski definition) is 3. The maximum atomic E-state index is 10.3. The number of anilines is 1. The smallest absolute Gasteiger partial charge is 0.124 e. The van der Waals surface area contributed by atoms with Crippen LogP contribution in [0.25, 0.3) is 0 Å². The summed E-state index contributed by atoms with van der Waals surface area (Å²) in [5.41, 5.74) is 1.70. The fourth-order valence-corrected chi connectivity index (χ4v) is 2.71. The number of methoxy groups -OCH3 is 1. The summed E-state index contributed by atoms with van der Waals surface area (Å²) in [6.07, 6.45) is 0.844. The Balaban J connectivity index is 2.44. The van der Waals surface area contributed by atoms with E-state index >= 15 is 0 Å². The van der Waals surface area contributed by atoms with Crippen LogP contribution in [0.2, 0.25) is 0 Å². The minimum absolute atomic E-state index is 0.124. The molecule has 1 aliphatic rings. The quantitative estimate of drug-likeness (QED) is 0.872. The van der Waals surface area contributed by atoms with Crippen LogP contribution in [0.15, 0.2) is 18.2 Å². The van der Waals surface area contributed by atoms with E-state index < -0.39 is 5.60 Å². The maximum absolute atomic E-state index is 10.3. The molecule has 17 heavy (non-hydrogen) atoms. The van der Waals surface area contributed by atoms with Crippen LogP contribution in [0.1, 0.15) is 26.3 Å². The first-order chi connectivity index (χ1) is 7.99. The first kappa shape index (κ1) is 12.2. The van der Waals surface area contributed by atoms with Crippen molar-refractivity contribution in [3.8, 4) is 5.75 Å². The molecule has 0 aliphatic carbocycles. The van der Waals surface area contributed by atoms with Crippen molar-refractivity contribution >= 4 is 5.69 Å². The van der Waals surface area contributed by atoms with Crippen LogP contribution in [-0.2, 0) is 6.42 Å². The largest absolute Gasteiger partial charge is 0.496 e. The molecule has 1 heterocycles. The highest BCUT2D eigenvalue weighted by Gasteiger charge is 2.39. The van der Waals surface area contributed by atoms with Gasteiger partial charge in [-0.2, -0.15) is 0 Å². The van der Waals surface area contributed by atoms with Gasteiger partial charge < -0.3 is 14.7 Å². The second kappa shape index (κ2) is 4.22. The summed E-state index contributed by atoms with van der Waals surface area (Å²) in [4.78, 5) is 2.26. The van der Waals surface area contributed by atoms with Crippen LogP contribution < -0.4 is 9.64 Å². The Morgan fingerprint density at radius 1 is 1.47 bits per heavy atom. The highest BCUT2D eigenvalue weighted by molar-refractivity contribution is 5.65. The molecule has 0 aromatic heterocycles. The summed E-state index contributed by atoms with van der Waals surface area (Å²) < 4.78 is 5.40. The van der Waals surface area contributed by atoms with E-state index in [4.69, 9.17) is 4.74 Å². The predicted octanol–water partition coefficient (Wildman–Crippen LogP) is 2.22. The van der Waals surface area contributed by atoms with Gasteiger partial charge in [0.2, 0.25) is 0 Å². The van der Waals surface area contributed by atoms with E-state index in [0.717, 1.165) is 18.7 Å². The molecule has 1 aliphatic heterocycles. The third-order valence-electron chi connectivity index (χ3n) is 3.57. The highest BCUT2D eigenvalue weighted by atomic mass is 16.5. The van der Waals surface area contributed by atoms with E-state index in [1.807, 2.05) is 26.0 Å². The first-order valence-electron chi connectivity index (χ1n) is 6.14. The van der Waals surface area contributed by atoms with E-state index in [1.54, 1.807) is 7.11 Å². The number of benzene rings is 1. The van der Waals surface area contributed by atoms with Crippen LogP contribution >= 0.6 is 0 Å². The standard InChI is InChI=1S/C14H21NO2/c1-5-15-11-7-6-8-12(17-4)10(11)9-13(15)14(2,3)16/h6-8,13,16H,5,9H2,1-4H3. The van der Waals surface area contributed by atoms with Gasteiger partial charge in [-0.1, -0.05) is 6.07 Å². The van der Waals surface area contributed by atoms with E-state index in [0.29, 0.717) is 0 Å². The maximum Gasteiger partial charge on any atom is 0.124 e. The summed E-state index contributed by atoms with van der Waals surface area (Å²) in [5, 5.41) is 10.3. The van der Waals surface area contributed by atoms with Crippen molar-refractivity contribution in [1.29, 1.82) is 0 Å². The highest BCUT2D eigenvalue weighted by Crippen LogP contribution is 2.40. The molecular weight excluding hydrogens is 214 g/mol. The molecule has 0 spiro atoms. The van der Waals surface area contributed by atoms with Crippen molar-refractivity contribution < 1.29 is 9.84 Å². The summed E-state index contributed by atoms with van der Waals surface area (Å²) in [7, 11) is 1.70. The lowest BCUT2D eigenvalue weighted by Crippen LogP contribution is -2.47. The zero-order chi connectivity index (χ0) is 12.6. The lowest BCUT2D eigenvalue weighted by molar-refractivity contribution is 0.0519. The molecule has 1 atom stereocenters. The monoisotopic (exact) mass is 235 g/mol. The van der Waals surface area contributed by atoms with Gasteiger partial charge in [-0.15, -0.1) is 0 Å². The normalized spacial score (nSPS) is 19.4. The Labute approximate surface area is 103 Å². The molecular formula is C14H21NO2. The van der Waals surface area contributed by atoms with Crippen LogP contribution in [-0.4, -0.2) is 30.4 Å². The van der Waals surface area contributed by atoms with Crippen molar-refractivity contribution in [3.63, 3.8) is 0 Å². The third-order valence-corrected chi connectivity index (χ3v) is 3.57. The lowest BCUT2D eigenvalue weighted by atomic mass is 9.95. The van der Waals surface area contributed by atoms with Gasteiger partial charge in [-0.05, 0) is 32.9 Å². The topological polar surface area (TPSA) is 32.7 Å². The molecule has 0 amide bonds. The van der Waals surface area contributed by atoms with Gasteiger partial charge in [-0.3, -0.25) is 0 Å². The Morgan fingerprint density at radius 2 is 2.18 bits per heavy atom. The summed E-state index contributed by atoms with van der Waals surface area (Å²) >= 11 is 0. The number of ether oxygens (including phenoxy) is 1. The molecule has 0 radical (unpaired) electrons. The molecule has 0 fully saturated rings. The average molecular weight is 235 g/mol. The number of nitrogens with zero attached hydrogens (tertiary/aromatic N) is 1. The van der Waals surface area contributed by atoms with Crippen LogP contribution in [0.5, 0.6) is 5.75 Å². The van der Waals surface area contributed by atoms with Gasteiger partial charge in [0.1, 0.15) is 5.75 Å². The van der Waals surface area contributed by atoms with Crippen molar-refractivity contribution in [3.05, 3.63) is 23.8 Å². The molecule has 0 bridgehead atoms. The molecule has 1 aromatic carbocycles. The summed E-state index contributed by atoms with van der Waals surface area (Å²) in [6, 6.07) is 6.22. The van der Waals surface area contributed by atoms with Gasteiger partial charge in [0.25, 0.3) is 0 Å². The van der Waals surface area contributed by atoms with Gasteiger partial charge >= 0.3 is 0 Å². The Bertz CT molecular complexity index is 409. The molecule has 1 N–H and O–H groups in total. The molecule has 0 saturated heterocycles. The molecule has 3 nitrogen and oxygen atoms in total. The Hall–Kier alpha value is -1.22. The molecule has 1 unspecified atom stereocenters. The number of fused-ring (bicyclic) bond motifs is 1. The van der Waals surface area contributed by atoms with E-state index in [2.05, 4.69) is 17.9 Å². The molecule has 2 rings (SSSR count). The van der Waals surface area contributed by atoms with Crippen molar-refractivity contribution in [2.45, 2.75) is 38.8 Å². The summed E-state index contributed by atoms with van der Waals surface area (Å²) in [5.74, 6) is 0.924. The molecule has 0 saturated carbocycles. The second-order valence-corrected chi connectivity index (χ2v) is 5.12. The van der Waals surface area contributed by atoms with Crippen LogP contribution in [0.3, 0.4) is 0 Å². The molecule has 94 valence electrons. The summed E-state index contributed by atoms with van der Waals surface area (Å²) in [6.45, 7) is 6.76. The van der Waals surface area contributed by atoms with Crippen molar-refractivity contribution in [2.75, 3.05) is 18.6 Å². The number of rotatable bonds is 3. The van der Waals surface area contributed by atoms with Crippen molar-refractivity contribution in [2.24, 2.45) is 0 Å². The van der Waals surface area contributed by atoms with Gasteiger partial charge in [0.15, 0.2) is 0 Å². The fraction of sp³-hybridized carbons (Fsp3) is 0.571. The van der Waals surface area contributed by atoms with Gasteiger partial charge in [0, 0.05) is 24.2 Å². The van der Waals surface area contributed by atoms with Crippen LogP contribution in [0.4, 0.5) is 5.69 Å². The predicted molar refractivity (Wildman–Crippen MR) is 69.8 cm³/mol. The average Bonchev–Trinajstić information content (AvgIpc) is 2.66. The molecule has 1 aromatic rings. The fourth-order valence-electron chi connectivity index (χ4n) is 2.71. The minimum Gasteiger partial charge on any atom is -0.496 e. The SMILES string of the molecule is CCN1c2cccc(OC)c2CC1C(C)(C)O. The van der Waals surface area contributed by atoms with E-state index in [-0.39, 0.29) is 6.04 Å². The number of likely N-dealkylation sites (N-methyl/N-ethyl adjacent to an activating group) is 1. The Kier molecular flexibility index (Phi) is 3.04. The second-order valence-electron chi connectivity index (χ2n) is 5.12. The Morgan fingerprint density at radius 3 is 2.71 bits per heavy atom. The van der Waals surface area contributed by atoms with Crippen molar-refractivity contribution in [1.82, 2.24) is 0 Å². The van der Waals surface area contributed by atoms with Crippen LogP contribution in [0, 0.1) is 0 Å². The zero-order valence-corrected chi connectivity index (χ0v) is 11.0. The minimum atomic E-state index is -0.708. The van der Waals surface area contributed by atoms with E-state index in [1.165, 1.54) is 11.3 Å². The lowest BCUT2D eigenvalue weighted by Gasteiger charge is -2.34. The van der Waals surface area contributed by atoms with E-state index in [9.17, 15) is 5.11 Å². The number of aliphatic hydroxyl groups is 1. The molecule has 3 heteroatoms. The number of hydrogen-bond donors (Lipinski definition) is 1.